The monoisotopic (exact) mass is 673 g/mol. The summed E-state index contributed by atoms with van der Waals surface area (Å²) in [6.07, 6.45) is -0.0216. The van der Waals surface area contributed by atoms with Gasteiger partial charge in [-0.25, -0.2) is 13.2 Å². The molecule has 256 valence electrons. The summed E-state index contributed by atoms with van der Waals surface area (Å²) in [6, 6.07) is 15.7. The maximum absolute atomic E-state index is 13.9. The van der Waals surface area contributed by atoms with Crippen LogP contribution in [0.15, 0.2) is 54.6 Å². The summed E-state index contributed by atoms with van der Waals surface area (Å²) in [4.78, 5) is 52.9. The minimum absolute atomic E-state index is 0.140. The van der Waals surface area contributed by atoms with Gasteiger partial charge in [-0.05, 0) is 43.9 Å². The molecule has 0 aromatic heterocycles. The van der Waals surface area contributed by atoms with Crippen molar-refractivity contribution in [2.24, 2.45) is 5.73 Å². The third kappa shape index (κ3) is 8.78. The van der Waals surface area contributed by atoms with Crippen LogP contribution in [-0.2, 0) is 50.6 Å². The molecule has 0 radical (unpaired) electrons. The molecule has 15 heteroatoms. The van der Waals surface area contributed by atoms with Gasteiger partial charge in [0.25, 0.3) is 0 Å². The van der Waals surface area contributed by atoms with Gasteiger partial charge >= 0.3 is 12.1 Å². The number of likely N-dealkylation sites (tertiary alicyclic amines) is 1. The van der Waals surface area contributed by atoms with Gasteiger partial charge in [0.2, 0.25) is 28.1 Å². The maximum atomic E-state index is 13.9. The Hall–Kier alpha value is -4.21. The molecule has 2 heterocycles. The molecule has 2 aromatic rings. The van der Waals surface area contributed by atoms with Crippen molar-refractivity contribution in [1.29, 1.82) is 0 Å². The largest absolute Gasteiger partial charge is 0.424 e. The number of anilines is 1. The number of hydrogen-bond acceptors (Lipinski definition) is 10. The van der Waals surface area contributed by atoms with E-state index in [2.05, 4.69) is 10.6 Å². The molecule has 4 rings (SSSR count). The third-order valence-electron chi connectivity index (χ3n) is 8.34. The molecule has 47 heavy (non-hydrogen) atoms. The summed E-state index contributed by atoms with van der Waals surface area (Å²) >= 11 is 0. The molecule has 2 atom stereocenters. The molecule has 0 aliphatic carbocycles. The van der Waals surface area contributed by atoms with Crippen LogP contribution in [0.5, 0.6) is 0 Å². The van der Waals surface area contributed by atoms with E-state index in [0.717, 1.165) is 11.1 Å². The first kappa shape index (κ1) is 35.6. The van der Waals surface area contributed by atoms with E-state index >= 15 is 0 Å². The van der Waals surface area contributed by atoms with Gasteiger partial charge in [0.05, 0.1) is 31.7 Å². The van der Waals surface area contributed by atoms with Crippen LogP contribution in [-0.4, -0.2) is 94.1 Å². The van der Waals surface area contributed by atoms with E-state index in [1.807, 2.05) is 48.5 Å². The number of carbonyl (C=O) groups is 4. The first-order valence-electron chi connectivity index (χ1n) is 15.3. The summed E-state index contributed by atoms with van der Waals surface area (Å²) < 4.78 is 42.3. The first-order valence-corrected chi connectivity index (χ1v) is 17.2. The highest BCUT2D eigenvalue weighted by Gasteiger charge is 2.48. The minimum Gasteiger partial charge on any atom is -0.424 e. The standard InChI is InChI=1S/C32H43N5O9S/c1-22(45-27(38)18-33)46-30(41)35-31(2,3)29(40)34-25(20-44-19-23-10-6-5-7-11-23)28(39)36-16-14-32(15-17-36)21-37(47(4,42)43)26-13-9-8-12-24(26)32/h5-13,22,25H,14-21,33H2,1-4H3,(H,34,40)(H,35,41)/t22?,25-/m1/s1. The van der Waals surface area contributed by atoms with Crippen molar-refractivity contribution in [3.05, 3.63) is 65.7 Å². The zero-order chi connectivity index (χ0) is 34.4. The second-order valence-electron chi connectivity index (χ2n) is 12.3. The Kier molecular flexibility index (Phi) is 11.1. The molecule has 2 aliphatic rings. The van der Waals surface area contributed by atoms with Crippen molar-refractivity contribution >= 4 is 39.6 Å². The summed E-state index contributed by atoms with van der Waals surface area (Å²) in [5.41, 5.74) is 5.71. The molecule has 2 aromatic carbocycles. The summed E-state index contributed by atoms with van der Waals surface area (Å²) in [5, 5.41) is 5.16. The molecule has 1 saturated heterocycles. The fraction of sp³-hybridized carbons (Fsp3) is 0.500. The average Bonchev–Trinajstić information content (AvgIpc) is 3.35. The summed E-state index contributed by atoms with van der Waals surface area (Å²) in [6.45, 7) is 4.83. The molecule has 1 unspecified atom stereocenters. The number of nitrogens with zero attached hydrogens (tertiary/aromatic N) is 2. The summed E-state index contributed by atoms with van der Waals surface area (Å²) in [5.74, 6) is -1.81. The van der Waals surface area contributed by atoms with Gasteiger partial charge < -0.3 is 35.5 Å². The van der Waals surface area contributed by atoms with Gasteiger partial charge in [-0.3, -0.25) is 18.7 Å². The maximum Gasteiger partial charge on any atom is 0.411 e. The lowest BCUT2D eigenvalue weighted by Gasteiger charge is -2.41. The molecular weight excluding hydrogens is 630 g/mol. The Morgan fingerprint density at radius 1 is 1.00 bits per heavy atom. The molecule has 3 amide bonds. The zero-order valence-corrected chi connectivity index (χ0v) is 27.9. The number of carbonyl (C=O) groups excluding carboxylic acids is 4. The predicted octanol–water partition coefficient (Wildman–Crippen LogP) is 1.38. The summed E-state index contributed by atoms with van der Waals surface area (Å²) in [7, 11) is -3.49. The van der Waals surface area contributed by atoms with Crippen LogP contribution in [0.3, 0.4) is 0 Å². The highest BCUT2D eigenvalue weighted by Crippen LogP contribution is 2.47. The average molecular weight is 674 g/mol. The zero-order valence-electron chi connectivity index (χ0n) is 27.1. The number of fused-ring (bicyclic) bond motifs is 2. The number of benzene rings is 2. The Morgan fingerprint density at radius 2 is 1.64 bits per heavy atom. The van der Waals surface area contributed by atoms with E-state index in [-0.39, 0.29) is 19.1 Å². The fourth-order valence-electron chi connectivity index (χ4n) is 5.82. The third-order valence-corrected chi connectivity index (χ3v) is 9.47. The van der Waals surface area contributed by atoms with Crippen molar-refractivity contribution in [2.75, 3.05) is 43.3 Å². The SMILES string of the molecule is CC(OC(=O)CN)OC(=O)NC(C)(C)C(=O)N[C@H](COCc1ccccc1)C(=O)N1CCC2(CC1)CN(S(C)(=O)=O)c1ccccc12. The molecule has 1 fully saturated rings. The van der Waals surface area contributed by atoms with Crippen LogP contribution in [0, 0.1) is 0 Å². The van der Waals surface area contributed by atoms with Gasteiger partial charge in [0.1, 0.15) is 11.6 Å². The number of amides is 3. The van der Waals surface area contributed by atoms with Crippen molar-refractivity contribution in [3.63, 3.8) is 0 Å². The number of para-hydroxylation sites is 1. The van der Waals surface area contributed by atoms with Gasteiger partial charge in [0.15, 0.2) is 0 Å². The van der Waals surface area contributed by atoms with Crippen molar-refractivity contribution in [3.8, 4) is 0 Å². The quantitative estimate of drug-likeness (QED) is 0.220. The van der Waals surface area contributed by atoms with Crippen LogP contribution in [0.2, 0.25) is 0 Å². The number of ether oxygens (including phenoxy) is 3. The van der Waals surface area contributed by atoms with Gasteiger partial charge in [-0.1, -0.05) is 48.5 Å². The minimum atomic E-state index is -3.49. The number of nitrogens with one attached hydrogen (secondary N) is 2. The highest BCUT2D eigenvalue weighted by atomic mass is 32.2. The van der Waals surface area contributed by atoms with Gasteiger partial charge in [-0.2, -0.15) is 0 Å². The number of hydrogen-bond donors (Lipinski definition) is 3. The molecular formula is C32H43N5O9S. The number of esters is 1. The second-order valence-corrected chi connectivity index (χ2v) is 14.2. The molecule has 14 nitrogen and oxygen atoms in total. The van der Waals surface area contributed by atoms with Crippen LogP contribution in [0.4, 0.5) is 10.5 Å². The number of rotatable bonds is 12. The van der Waals surface area contributed by atoms with Gasteiger partial charge in [-0.15, -0.1) is 0 Å². The first-order chi connectivity index (χ1) is 22.1. The van der Waals surface area contributed by atoms with Crippen molar-refractivity contribution in [1.82, 2.24) is 15.5 Å². The lowest BCUT2D eigenvalue weighted by Crippen LogP contribution is -2.61. The van der Waals surface area contributed by atoms with E-state index in [1.165, 1.54) is 31.3 Å². The van der Waals surface area contributed by atoms with Crippen LogP contribution < -0.4 is 20.7 Å². The smallest absolute Gasteiger partial charge is 0.411 e. The second kappa shape index (κ2) is 14.7. The number of piperidine rings is 1. The molecule has 0 bridgehead atoms. The van der Waals surface area contributed by atoms with E-state index in [4.69, 9.17) is 19.9 Å². The van der Waals surface area contributed by atoms with E-state index in [9.17, 15) is 27.6 Å². The predicted molar refractivity (Wildman–Crippen MR) is 172 cm³/mol. The molecule has 1 spiro atoms. The lowest BCUT2D eigenvalue weighted by molar-refractivity contribution is -0.163. The van der Waals surface area contributed by atoms with Crippen LogP contribution >= 0.6 is 0 Å². The normalized spacial score (nSPS) is 17.0. The van der Waals surface area contributed by atoms with E-state index in [0.29, 0.717) is 38.2 Å². The Bertz CT molecular complexity index is 1560. The van der Waals surface area contributed by atoms with Crippen LogP contribution in [0.1, 0.15) is 44.7 Å². The molecule has 4 N–H and O–H groups in total. The number of nitrogens with two attached hydrogens (primary N) is 1. The topological polar surface area (TPSA) is 187 Å². The number of sulfonamides is 1. The van der Waals surface area contributed by atoms with E-state index < -0.39 is 57.8 Å². The molecule has 0 saturated carbocycles. The van der Waals surface area contributed by atoms with E-state index in [1.54, 1.807) is 11.0 Å². The Labute approximate surface area is 274 Å². The fourth-order valence-corrected chi connectivity index (χ4v) is 6.81. The van der Waals surface area contributed by atoms with Crippen molar-refractivity contribution < 1.29 is 41.8 Å². The lowest BCUT2D eigenvalue weighted by atomic mass is 9.74. The van der Waals surface area contributed by atoms with Crippen LogP contribution in [0.25, 0.3) is 0 Å². The molecule has 2 aliphatic heterocycles. The Morgan fingerprint density at radius 3 is 2.28 bits per heavy atom. The van der Waals surface area contributed by atoms with Gasteiger partial charge in [0, 0.05) is 32.0 Å². The Balaban J connectivity index is 1.44. The number of alkyl carbamates (subject to hydrolysis) is 1. The highest BCUT2D eigenvalue weighted by molar-refractivity contribution is 7.92. The van der Waals surface area contributed by atoms with Crippen molar-refractivity contribution in [2.45, 2.75) is 63.5 Å².